The number of benzene rings is 1. The lowest BCUT2D eigenvalue weighted by atomic mass is 10.3. The summed E-state index contributed by atoms with van der Waals surface area (Å²) in [6, 6.07) is 8.94. The Morgan fingerprint density at radius 2 is 2.00 bits per heavy atom. The maximum atomic E-state index is 11.7. The quantitative estimate of drug-likeness (QED) is 0.647. The Labute approximate surface area is 90.7 Å². The second-order valence-electron chi connectivity index (χ2n) is 3.14. The van der Waals surface area contributed by atoms with Crippen LogP contribution in [0.4, 0.5) is 11.5 Å². The van der Waals surface area contributed by atoms with Gasteiger partial charge >= 0.3 is 0 Å². The predicted molar refractivity (Wildman–Crippen MR) is 60.5 cm³/mol. The molecule has 1 amide bonds. The van der Waals surface area contributed by atoms with Crippen LogP contribution < -0.4 is 16.6 Å². The smallest absolute Gasteiger partial charge is 0.296 e. The van der Waals surface area contributed by atoms with Gasteiger partial charge in [-0.2, -0.15) is 0 Å². The molecule has 1 aromatic heterocycles. The van der Waals surface area contributed by atoms with E-state index in [9.17, 15) is 9.59 Å². The number of hydrogen-bond donors (Lipinski definition) is 3. The summed E-state index contributed by atoms with van der Waals surface area (Å²) in [6.07, 6.45) is 0.455. The van der Waals surface area contributed by atoms with Gasteiger partial charge in [-0.3, -0.25) is 14.7 Å². The van der Waals surface area contributed by atoms with Crippen LogP contribution in [0.5, 0.6) is 0 Å². The largest absolute Gasteiger partial charge is 0.391 e. The maximum Gasteiger partial charge on any atom is 0.296 e. The second kappa shape index (κ2) is 3.93. The van der Waals surface area contributed by atoms with E-state index < -0.39 is 5.56 Å². The average Bonchev–Trinajstić information content (AvgIpc) is 2.59. The highest BCUT2D eigenvalue weighted by atomic mass is 16.1. The Morgan fingerprint density at radius 1 is 1.31 bits per heavy atom. The molecule has 0 radical (unpaired) electrons. The van der Waals surface area contributed by atoms with Gasteiger partial charge in [-0.15, -0.1) is 0 Å². The van der Waals surface area contributed by atoms with Gasteiger partial charge in [0.05, 0.1) is 5.69 Å². The standard InChI is InChI=1S/C10H10N4O2/c11-8-9(12-6-15)13-14(10(8)16)7-4-2-1-3-5-7/h1-6,13H,11H2,(H,12,15). The molecule has 0 aliphatic rings. The lowest BCUT2D eigenvalue weighted by molar-refractivity contribution is -0.105. The molecular weight excluding hydrogens is 208 g/mol. The molecule has 0 aliphatic carbocycles. The van der Waals surface area contributed by atoms with E-state index in [1.165, 1.54) is 4.68 Å². The minimum absolute atomic E-state index is 0.0176. The molecule has 0 spiro atoms. The van der Waals surface area contributed by atoms with Gasteiger partial charge in [0.2, 0.25) is 6.41 Å². The van der Waals surface area contributed by atoms with Crippen molar-refractivity contribution < 1.29 is 4.79 Å². The van der Waals surface area contributed by atoms with Crippen LogP contribution in [-0.2, 0) is 4.79 Å². The van der Waals surface area contributed by atoms with Crippen LogP contribution >= 0.6 is 0 Å². The van der Waals surface area contributed by atoms with Crippen molar-refractivity contribution in [1.29, 1.82) is 0 Å². The molecule has 0 saturated heterocycles. The molecule has 6 heteroatoms. The molecule has 2 rings (SSSR count). The first kappa shape index (κ1) is 10.0. The van der Waals surface area contributed by atoms with Crippen molar-refractivity contribution in [3.8, 4) is 5.69 Å². The number of H-pyrrole nitrogens is 1. The summed E-state index contributed by atoms with van der Waals surface area (Å²) in [5, 5.41) is 5.03. The van der Waals surface area contributed by atoms with E-state index in [0.717, 1.165) is 0 Å². The van der Waals surface area contributed by atoms with Crippen molar-refractivity contribution in [2.45, 2.75) is 0 Å². The van der Waals surface area contributed by atoms with Crippen LogP contribution in [-0.4, -0.2) is 16.2 Å². The number of aromatic nitrogens is 2. The van der Waals surface area contributed by atoms with Crippen LogP contribution in [0.2, 0.25) is 0 Å². The summed E-state index contributed by atoms with van der Waals surface area (Å²) in [7, 11) is 0. The van der Waals surface area contributed by atoms with Crippen LogP contribution in [0.15, 0.2) is 35.1 Å². The molecular formula is C10H10N4O2. The number of carbonyl (C=O) groups is 1. The van der Waals surface area contributed by atoms with Gasteiger partial charge in [-0.05, 0) is 12.1 Å². The van der Waals surface area contributed by atoms with Gasteiger partial charge in [0.25, 0.3) is 5.56 Å². The molecule has 0 bridgehead atoms. The molecule has 0 atom stereocenters. The Hall–Kier alpha value is -2.50. The lowest BCUT2D eigenvalue weighted by Crippen LogP contribution is -2.16. The first-order chi connectivity index (χ1) is 7.74. The average molecular weight is 218 g/mol. The molecule has 6 nitrogen and oxygen atoms in total. The fourth-order valence-electron chi connectivity index (χ4n) is 1.38. The number of nitrogen functional groups attached to an aromatic ring is 1. The van der Waals surface area contributed by atoms with E-state index >= 15 is 0 Å². The van der Waals surface area contributed by atoms with Crippen molar-refractivity contribution in [1.82, 2.24) is 9.78 Å². The molecule has 82 valence electrons. The molecule has 0 unspecified atom stereocenters. The molecule has 4 N–H and O–H groups in total. The number of anilines is 2. The van der Waals surface area contributed by atoms with Gasteiger partial charge < -0.3 is 11.1 Å². The Bertz CT molecular complexity index is 556. The minimum Gasteiger partial charge on any atom is -0.391 e. The van der Waals surface area contributed by atoms with Crippen molar-refractivity contribution in [3.05, 3.63) is 40.7 Å². The number of hydrogen-bond acceptors (Lipinski definition) is 3. The number of aromatic amines is 1. The van der Waals surface area contributed by atoms with Crippen LogP contribution in [0, 0.1) is 0 Å². The number of nitrogens with zero attached hydrogens (tertiary/aromatic N) is 1. The van der Waals surface area contributed by atoms with E-state index in [4.69, 9.17) is 5.73 Å². The SMILES string of the molecule is Nc1c(NC=O)[nH]n(-c2ccccc2)c1=O. The first-order valence-corrected chi connectivity index (χ1v) is 4.60. The monoisotopic (exact) mass is 218 g/mol. The Balaban J connectivity index is 2.55. The van der Waals surface area contributed by atoms with Crippen LogP contribution in [0.3, 0.4) is 0 Å². The molecule has 2 aromatic rings. The Kier molecular flexibility index (Phi) is 2.47. The molecule has 16 heavy (non-hydrogen) atoms. The van der Waals surface area contributed by atoms with Gasteiger partial charge in [-0.1, -0.05) is 18.2 Å². The third kappa shape index (κ3) is 1.56. The van der Waals surface area contributed by atoms with Crippen LogP contribution in [0.1, 0.15) is 0 Å². The summed E-state index contributed by atoms with van der Waals surface area (Å²) < 4.78 is 1.27. The van der Waals surface area contributed by atoms with Crippen molar-refractivity contribution in [2.75, 3.05) is 11.1 Å². The number of carbonyl (C=O) groups excluding carboxylic acids is 1. The third-order valence-corrected chi connectivity index (χ3v) is 2.14. The number of amides is 1. The summed E-state index contributed by atoms with van der Waals surface area (Å²) in [4.78, 5) is 22.0. The van der Waals surface area contributed by atoms with E-state index in [1.54, 1.807) is 24.3 Å². The number of nitrogens with two attached hydrogens (primary N) is 1. The van der Waals surface area contributed by atoms with E-state index in [0.29, 0.717) is 12.1 Å². The maximum absolute atomic E-state index is 11.7. The van der Waals surface area contributed by atoms with E-state index in [-0.39, 0.29) is 11.5 Å². The number of rotatable bonds is 3. The highest BCUT2D eigenvalue weighted by Crippen LogP contribution is 2.12. The van der Waals surface area contributed by atoms with Crippen molar-refractivity contribution in [3.63, 3.8) is 0 Å². The van der Waals surface area contributed by atoms with Gasteiger partial charge in [-0.25, -0.2) is 4.68 Å². The molecule has 0 aliphatic heterocycles. The summed E-state index contributed by atoms with van der Waals surface area (Å²) in [6.45, 7) is 0. The first-order valence-electron chi connectivity index (χ1n) is 4.60. The van der Waals surface area contributed by atoms with Crippen molar-refractivity contribution >= 4 is 17.9 Å². The molecule has 1 heterocycles. The zero-order valence-corrected chi connectivity index (χ0v) is 8.31. The summed E-state index contributed by atoms with van der Waals surface area (Å²) in [5.41, 5.74) is 5.78. The lowest BCUT2D eigenvalue weighted by Gasteiger charge is -1.99. The second-order valence-corrected chi connectivity index (χ2v) is 3.14. The number of nitrogens with one attached hydrogen (secondary N) is 2. The summed E-state index contributed by atoms with van der Waals surface area (Å²) in [5.74, 6) is 0.198. The summed E-state index contributed by atoms with van der Waals surface area (Å²) >= 11 is 0. The fraction of sp³-hybridized carbons (Fsp3) is 0. The highest BCUT2D eigenvalue weighted by Gasteiger charge is 2.10. The molecule has 1 aromatic carbocycles. The zero-order chi connectivity index (χ0) is 11.5. The number of para-hydroxylation sites is 1. The van der Waals surface area contributed by atoms with Gasteiger partial charge in [0, 0.05) is 0 Å². The van der Waals surface area contributed by atoms with Crippen molar-refractivity contribution in [2.24, 2.45) is 0 Å². The fourth-order valence-corrected chi connectivity index (χ4v) is 1.38. The third-order valence-electron chi connectivity index (χ3n) is 2.14. The van der Waals surface area contributed by atoms with E-state index in [1.807, 2.05) is 6.07 Å². The van der Waals surface area contributed by atoms with Gasteiger partial charge in [0.1, 0.15) is 5.69 Å². The zero-order valence-electron chi connectivity index (χ0n) is 8.31. The normalized spacial score (nSPS) is 10.0. The van der Waals surface area contributed by atoms with E-state index in [2.05, 4.69) is 10.4 Å². The highest BCUT2D eigenvalue weighted by molar-refractivity contribution is 5.76. The Morgan fingerprint density at radius 3 is 2.62 bits per heavy atom. The minimum atomic E-state index is -0.393. The van der Waals surface area contributed by atoms with Gasteiger partial charge in [0.15, 0.2) is 5.82 Å². The predicted octanol–water partition coefficient (Wildman–Crippen LogP) is 0.316. The van der Waals surface area contributed by atoms with Crippen LogP contribution in [0.25, 0.3) is 5.69 Å². The molecule has 0 fully saturated rings. The molecule has 0 saturated carbocycles. The topological polar surface area (TPSA) is 92.9 Å².